The Bertz CT molecular complexity index is 934. The smallest absolute Gasteiger partial charge is 0.337 e. The van der Waals surface area contributed by atoms with Gasteiger partial charge in [-0.25, -0.2) is 27.7 Å². The van der Waals surface area contributed by atoms with Gasteiger partial charge in [-0.1, -0.05) is 23.7 Å². The number of carbonyl (C=O) groups is 2. The van der Waals surface area contributed by atoms with E-state index in [0.717, 1.165) is 18.3 Å². The number of hydrogen-bond donors (Lipinski definition) is 3. The van der Waals surface area contributed by atoms with Crippen LogP contribution in [0.15, 0.2) is 35.4 Å². The largest absolute Gasteiger partial charge is 0.480 e. The predicted octanol–water partition coefficient (Wildman–Crippen LogP) is 1.35. The number of methoxy groups -OCH3 is 1. The summed E-state index contributed by atoms with van der Waals surface area (Å²) in [6.45, 7) is 0. The Hall–Kier alpha value is -2.92. The van der Waals surface area contributed by atoms with Crippen LogP contribution in [0.2, 0.25) is 5.02 Å². The number of benzene rings is 1. The summed E-state index contributed by atoms with van der Waals surface area (Å²) in [7, 11) is -3.14. The number of nitrogens with zero attached hydrogens (tertiary/aromatic N) is 2. The molecule has 0 aliphatic heterocycles. The van der Waals surface area contributed by atoms with Gasteiger partial charge in [-0.2, -0.15) is 4.98 Å². The van der Waals surface area contributed by atoms with Crippen molar-refractivity contribution in [3.8, 4) is 5.88 Å². The molecule has 1 aromatic heterocycles. The van der Waals surface area contributed by atoms with E-state index >= 15 is 0 Å². The first-order chi connectivity index (χ1) is 11.7. The van der Waals surface area contributed by atoms with Crippen molar-refractivity contribution in [3.63, 3.8) is 0 Å². The summed E-state index contributed by atoms with van der Waals surface area (Å²) < 4.78 is 30.9. The number of amides is 2. The van der Waals surface area contributed by atoms with Gasteiger partial charge in [0.05, 0.1) is 18.9 Å². The van der Waals surface area contributed by atoms with Crippen LogP contribution < -0.4 is 14.8 Å². The fourth-order valence-corrected chi connectivity index (χ4v) is 3.01. The first-order valence-corrected chi connectivity index (χ1v) is 8.33. The number of urea groups is 1. The second kappa shape index (κ2) is 7.32. The average Bonchev–Trinajstić information content (AvgIpc) is 2.56. The molecular weight excluding hydrogens is 376 g/mol. The summed E-state index contributed by atoms with van der Waals surface area (Å²) in [5.41, 5.74) is -0.479. The molecule has 2 amide bonds. The zero-order valence-electron chi connectivity index (χ0n) is 12.6. The van der Waals surface area contributed by atoms with Crippen molar-refractivity contribution in [3.05, 3.63) is 41.0 Å². The standard InChI is InChI=1S/C13H11ClN4O6S/c1-24-10-8(14)6-15-12(16-10)17-13(21)18-25(22,23)9-5-3-2-4-7(9)11(19)20/h2-6H,1H3,(H,19,20)(H2,15,16,17,18,21). The number of aromatic nitrogens is 2. The normalized spacial score (nSPS) is 10.8. The summed E-state index contributed by atoms with van der Waals surface area (Å²) in [4.78, 5) is 29.9. The maximum Gasteiger partial charge on any atom is 0.337 e. The second-order valence-corrected chi connectivity index (χ2v) is 6.47. The molecule has 0 bridgehead atoms. The van der Waals surface area contributed by atoms with E-state index in [1.807, 2.05) is 0 Å². The molecule has 0 saturated heterocycles. The Morgan fingerprint density at radius 3 is 2.60 bits per heavy atom. The number of rotatable bonds is 5. The van der Waals surface area contributed by atoms with Gasteiger partial charge in [0.15, 0.2) is 0 Å². The Morgan fingerprint density at radius 2 is 1.96 bits per heavy atom. The van der Waals surface area contributed by atoms with Gasteiger partial charge in [0.25, 0.3) is 10.0 Å². The highest BCUT2D eigenvalue weighted by atomic mass is 35.5. The number of carboxylic acids is 1. The van der Waals surface area contributed by atoms with Crippen LogP contribution in [-0.2, 0) is 10.0 Å². The lowest BCUT2D eigenvalue weighted by molar-refractivity contribution is 0.0692. The van der Waals surface area contributed by atoms with Crippen molar-refractivity contribution in [1.29, 1.82) is 0 Å². The Morgan fingerprint density at radius 1 is 1.28 bits per heavy atom. The van der Waals surface area contributed by atoms with Gasteiger partial charge in [-0.05, 0) is 12.1 Å². The quantitative estimate of drug-likeness (QED) is 0.697. The maximum atomic E-state index is 12.2. The number of aromatic carboxylic acids is 1. The fourth-order valence-electron chi connectivity index (χ4n) is 1.74. The molecule has 12 heteroatoms. The molecule has 1 aromatic carbocycles. The van der Waals surface area contributed by atoms with Crippen molar-refractivity contribution in [1.82, 2.24) is 14.7 Å². The van der Waals surface area contributed by atoms with Gasteiger partial charge in [0.2, 0.25) is 11.8 Å². The second-order valence-electron chi connectivity index (χ2n) is 4.41. The lowest BCUT2D eigenvalue weighted by Gasteiger charge is -2.10. The van der Waals surface area contributed by atoms with Crippen LogP contribution in [0.3, 0.4) is 0 Å². The van der Waals surface area contributed by atoms with E-state index in [9.17, 15) is 18.0 Å². The zero-order valence-corrected chi connectivity index (χ0v) is 14.1. The lowest BCUT2D eigenvalue weighted by atomic mass is 10.2. The Balaban J connectivity index is 2.21. The fraction of sp³-hybridized carbons (Fsp3) is 0.0769. The third-order valence-corrected chi connectivity index (χ3v) is 4.41. The summed E-state index contributed by atoms with van der Waals surface area (Å²) in [6.07, 6.45) is 1.15. The minimum atomic E-state index is -4.43. The van der Waals surface area contributed by atoms with Crippen LogP contribution in [0.5, 0.6) is 5.88 Å². The van der Waals surface area contributed by atoms with Crippen LogP contribution in [0, 0.1) is 0 Å². The van der Waals surface area contributed by atoms with Crippen LogP contribution in [-0.4, -0.2) is 42.6 Å². The molecule has 0 atom stereocenters. The van der Waals surface area contributed by atoms with Gasteiger partial charge in [0, 0.05) is 0 Å². The van der Waals surface area contributed by atoms with Crippen LogP contribution >= 0.6 is 11.6 Å². The number of anilines is 1. The number of carboxylic acid groups (broad SMARTS) is 1. The number of ether oxygens (including phenoxy) is 1. The van der Waals surface area contributed by atoms with Crippen LogP contribution in [0.1, 0.15) is 10.4 Å². The molecule has 132 valence electrons. The maximum absolute atomic E-state index is 12.2. The molecule has 0 radical (unpaired) electrons. The number of sulfonamides is 1. The first kappa shape index (κ1) is 18.4. The number of nitrogens with one attached hydrogen (secondary N) is 2. The van der Waals surface area contributed by atoms with E-state index in [1.165, 1.54) is 19.2 Å². The highest BCUT2D eigenvalue weighted by molar-refractivity contribution is 7.90. The van der Waals surface area contributed by atoms with Gasteiger partial charge < -0.3 is 9.84 Å². The van der Waals surface area contributed by atoms with Crippen molar-refractivity contribution >= 4 is 39.6 Å². The predicted molar refractivity (Wildman–Crippen MR) is 86.3 cm³/mol. The minimum Gasteiger partial charge on any atom is -0.480 e. The molecule has 0 spiro atoms. The molecule has 0 fully saturated rings. The molecule has 25 heavy (non-hydrogen) atoms. The summed E-state index contributed by atoms with van der Waals surface area (Å²) in [6, 6.07) is 3.65. The third-order valence-electron chi connectivity index (χ3n) is 2.76. The number of hydrogen-bond acceptors (Lipinski definition) is 7. The van der Waals surface area contributed by atoms with E-state index in [4.69, 9.17) is 21.4 Å². The van der Waals surface area contributed by atoms with Crippen molar-refractivity contribution in [2.24, 2.45) is 0 Å². The molecule has 3 N–H and O–H groups in total. The van der Waals surface area contributed by atoms with Crippen molar-refractivity contribution < 1.29 is 27.9 Å². The summed E-state index contributed by atoms with van der Waals surface area (Å²) in [5, 5.41) is 11.2. The van der Waals surface area contributed by atoms with Crippen LogP contribution in [0.4, 0.5) is 10.7 Å². The molecule has 2 rings (SSSR count). The number of halogens is 1. The molecule has 0 unspecified atom stereocenters. The van der Waals surface area contributed by atoms with Crippen molar-refractivity contribution in [2.75, 3.05) is 12.4 Å². The molecular formula is C13H11ClN4O6S. The molecule has 0 aliphatic carbocycles. The molecule has 2 aromatic rings. The van der Waals surface area contributed by atoms with E-state index in [0.29, 0.717) is 0 Å². The van der Waals surface area contributed by atoms with E-state index < -0.39 is 32.5 Å². The average molecular weight is 387 g/mol. The molecule has 0 saturated carbocycles. The van der Waals surface area contributed by atoms with Gasteiger partial charge >= 0.3 is 12.0 Å². The monoisotopic (exact) mass is 386 g/mol. The van der Waals surface area contributed by atoms with E-state index in [-0.39, 0.29) is 16.9 Å². The minimum absolute atomic E-state index is 0.0222. The SMILES string of the molecule is COc1nc(NC(=O)NS(=O)(=O)c2ccccc2C(=O)O)ncc1Cl. The Kier molecular flexibility index (Phi) is 5.39. The van der Waals surface area contributed by atoms with E-state index in [2.05, 4.69) is 15.3 Å². The first-order valence-electron chi connectivity index (χ1n) is 6.47. The Labute approximate surface area is 146 Å². The lowest BCUT2D eigenvalue weighted by Crippen LogP contribution is -2.35. The number of carbonyl (C=O) groups excluding carboxylic acids is 1. The molecule has 1 heterocycles. The molecule has 0 aliphatic rings. The van der Waals surface area contributed by atoms with Gasteiger partial charge in [0.1, 0.15) is 9.92 Å². The zero-order chi connectivity index (χ0) is 18.6. The topological polar surface area (TPSA) is 148 Å². The third kappa shape index (κ3) is 4.33. The highest BCUT2D eigenvalue weighted by Crippen LogP contribution is 2.21. The van der Waals surface area contributed by atoms with Crippen molar-refractivity contribution in [2.45, 2.75) is 4.90 Å². The summed E-state index contributed by atoms with van der Waals surface area (Å²) in [5.74, 6) is -1.74. The van der Waals surface area contributed by atoms with Crippen LogP contribution in [0.25, 0.3) is 0 Å². The summed E-state index contributed by atoms with van der Waals surface area (Å²) >= 11 is 5.74. The highest BCUT2D eigenvalue weighted by Gasteiger charge is 2.24. The van der Waals surface area contributed by atoms with Gasteiger partial charge in [-0.3, -0.25) is 5.32 Å². The molecule has 10 nitrogen and oxygen atoms in total. The van der Waals surface area contributed by atoms with E-state index in [1.54, 1.807) is 4.72 Å². The van der Waals surface area contributed by atoms with Gasteiger partial charge in [-0.15, -0.1) is 0 Å².